The monoisotopic (exact) mass is 784 g/mol. The van der Waals surface area contributed by atoms with Gasteiger partial charge >= 0.3 is 0 Å². The zero-order chi connectivity index (χ0) is 40.5. The summed E-state index contributed by atoms with van der Waals surface area (Å²) in [5, 5.41) is 19.5. The van der Waals surface area contributed by atoms with E-state index < -0.39 is 43.4 Å². The van der Waals surface area contributed by atoms with Crippen molar-refractivity contribution in [2.45, 2.75) is 102 Å². The number of piperidine rings is 1. The fourth-order valence-electron chi connectivity index (χ4n) is 9.11. The molecule has 2 aromatic carbocycles. The van der Waals surface area contributed by atoms with Gasteiger partial charge in [0, 0.05) is 34.4 Å². The predicted molar refractivity (Wildman–Crippen MR) is 216 cm³/mol. The van der Waals surface area contributed by atoms with Gasteiger partial charge in [-0.25, -0.2) is 0 Å². The maximum Gasteiger partial charge on any atom is 0.265 e. The number of aromatic nitrogens is 1. The Morgan fingerprint density at radius 3 is 2.48 bits per heavy atom. The number of rotatable bonds is 9. The Morgan fingerprint density at radius 2 is 1.84 bits per heavy atom. The van der Waals surface area contributed by atoms with Crippen molar-refractivity contribution < 1.29 is 37.9 Å². The fraction of sp³-hybridized carbons (Fsp3) is 0.535. The molecule has 0 radical (unpaired) electrons. The Hall–Kier alpha value is -4.30. The molecule has 7 rings (SSSR count). The van der Waals surface area contributed by atoms with Gasteiger partial charge in [-0.1, -0.05) is 57.5 Å². The highest BCUT2D eigenvalue weighted by atomic mass is 28.4. The molecule has 2 N–H and O–H groups in total. The van der Waals surface area contributed by atoms with E-state index in [1.807, 2.05) is 82.5 Å². The molecule has 0 bridgehead atoms. The van der Waals surface area contributed by atoms with Gasteiger partial charge in [-0.3, -0.25) is 24.2 Å². The number of aliphatic hydroxyl groups excluding tert-OH is 1. The molecule has 13 heteroatoms. The summed E-state index contributed by atoms with van der Waals surface area (Å²) < 4.78 is 25.4. The smallest absolute Gasteiger partial charge is 0.265 e. The van der Waals surface area contributed by atoms with Gasteiger partial charge in [0.2, 0.25) is 17.5 Å². The zero-order valence-corrected chi connectivity index (χ0v) is 35.4. The minimum absolute atomic E-state index is 0.00375. The number of likely N-dealkylation sites (N-methyl/N-ethyl adjacent to an activating group) is 1. The second-order valence-electron chi connectivity index (χ2n) is 17.8. The van der Waals surface area contributed by atoms with Gasteiger partial charge in [-0.2, -0.15) is 0 Å². The largest absolute Gasteiger partial charge is 0.507 e. The van der Waals surface area contributed by atoms with E-state index in [1.54, 1.807) is 7.11 Å². The summed E-state index contributed by atoms with van der Waals surface area (Å²) in [5.74, 6) is -1.77. The normalized spacial score (nSPS) is 25.3. The molecule has 4 aliphatic rings. The second-order valence-corrected chi connectivity index (χ2v) is 22.5. The van der Waals surface area contributed by atoms with Crippen LogP contribution in [0.5, 0.6) is 11.6 Å². The Balaban J connectivity index is 1.38. The number of Topliss-reactive ketones (excluding diaryl/α,β-unsaturated/α-hetero) is 2. The maximum absolute atomic E-state index is 15.8. The molecule has 3 aliphatic carbocycles. The third kappa shape index (κ3) is 6.40. The first-order valence-corrected chi connectivity index (χ1v) is 22.6. The molecule has 1 aliphatic heterocycles. The van der Waals surface area contributed by atoms with Crippen LogP contribution in [0.2, 0.25) is 18.1 Å². The van der Waals surface area contributed by atoms with Crippen molar-refractivity contribution >= 4 is 37.2 Å². The third-order valence-electron chi connectivity index (χ3n) is 13.1. The van der Waals surface area contributed by atoms with E-state index in [1.165, 1.54) is 0 Å². The number of ketones is 2. The quantitative estimate of drug-likeness (QED) is 0.167. The van der Waals surface area contributed by atoms with Crippen LogP contribution >= 0.6 is 0 Å². The first-order chi connectivity index (χ1) is 26.4. The minimum atomic E-state index is -2.90. The third-order valence-corrected chi connectivity index (χ3v) is 17.5. The Kier molecular flexibility index (Phi) is 10.4. The minimum Gasteiger partial charge on any atom is -0.507 e. The van der Waals surface area contributed by atoms with Gasteiger partial charge < -0.3 is 28.8 Å². The van der Waals surface area contributed by atoms with Crippen LogP contribution in [0.1, 0.15) is 90.9 Å². The highest BCUT2D eigenvalue weighted by Gasteiger charge is 2.69. The van der Waals surface area contributed by atoms with E-state index in [0.717, 1.165) is 36.9 Å². The van der Waals surface area contributed by atoms with E-state index in [9.17, 15) is 9.90 Å². The number of ether oxygens (including phenoxy) is 2. The molecule has 1 aromatic heterocycles. The van der Waals surface area contributed by atoms with E-state index in [-0.39, 0.29) is 46.4 Å². The van der Waals surface area contributed by atoms with Gasteiger partial charge in [0.25, 0.3) is 5.88 Å². The Labute approximate surface area is 330 Å². The van der Waals surface area contributed by atoms with Crippen molar-refractivity contribution in [3.8, 4) is 11.6 Å². The first-order valence-electron chi connectivity index (χ1n) is 19.7. The molecular weight excluding hydrogens is 729 g/mol. The van der Waals surface area contributed by atoms with E-state index in [0.29, 0.717) is 41.2 Å². The van der Waals surface area contributed by atoms with Crippen molar-refractivity contribution in [2.75, 3.05) is 40.1 Å². The summed E-state index contributed by atoms with van der Waals surface area (Å²) in [7, 11) is 4.41. The SMILES string of the molecule is COc1cc(NC(=O)C2CCCCN2C)c(C)c2c1C[C@H]1C[C@H]3[C@H](N(C)C)c4onc(OCc5ccccc5)c4C(=O)[C@@]3(O[Si](C)(C)C(C)(C)C)C(=O)C1=C2O. The average Bonchev–Trinajstić information content (AvgIpc) is 3.56. The van der Waals surface area contributed by atoms with Crippen molar-refractivity contribution in [3.63, 3.8) is 0 Å². The summed E-state index contributed by atoms with van der Waals surface area (Å²) in [6, 6.07) is 10.5. The van der Waals surface area contributed by atoms with Crippen LogP contribution in [0.4, 0.5) is 5.69 Å². The molecule has 0 spiro atoms. The van der Waals surface area contributed by atoms with Crippen molar-refractivity contribution in [3.05, 3.63) is 75.5 Å². The average molecular weight is 785 g/mol. The van der Waals surface area contributed by atoms with Crippen molar-refractivity contribution in [2.24, 2.45) is 11.8 Å². The van der Waals surface area contributed by atoms with Crippen LogP contribution in [-0.4, -0.2) is 92.3 Å². The van der Waals surface area contributed by atoms with Crippen LogP contribution in [0.3, 0.4) is 0 Å². The number of hydrogen-bond donors (Lipinski definition) is 2. The van der Waals surface area contributed by atoms with Gasteiger partial charge in [0.15, 0.2) is 19.7 Å². The molecule has 1 saturated heterocycles. The molecule has 3 aromatic rings. The number of likely N-dealkylation sites (tertiary alicyclic amines) is 1. The number of nitrogens with one attached hydrogen (secondary N) is 1. The first kappa shape index (κ1) is 39.9. The summed E-state index contributed by atoms with van der Waals surface area (Å²) >= 11 is 0. The molecule has 1 amide bonds. The molecule has 2 heterocycles. The van der Waals surface area contributed by atoms with E-state index >= 15 is 9.59 Å². The van der Waals surface area contributed by atoms with Crippen LogP contribution in [-0.2, 0) is 27.0 Å². The Bertz CT molecular complexity index is 2090. The van der Waals surface area contributed by atoms with Gasteiger partial charge in [-0.15, -0.1) is 0 Å². The number of hydrogen-bond acceptors (Lipinski definition) is 11. The summed E-state index contributed by atoms with van der Waals surface area (Å²) in [5.41, 5.74) is 1.41. The number of methoxy groups -OCH3 is 1. The number of anilines is 1. The number of amides is 1. The number of benzene rings is 2. The predicted octanol–water partition coefficient (Wildman–Crippen LogP) is 7.28. The molecule has 1 saturated carbocycles. The van der Waals surface area contributed by atoms with Gasteiger partial charge in [0.05, 0.1) is 19.2 Å². The second kappa shape index (κ2) is 14.6. The molecule has 12 nitrogen and oxygen atoms in total. The van der Waals surface area contributed by atoms with Crippen LogP contribution in [0, 0.1) is 18.8 Å². The van der Waals surface area contributed by atoms with Crippen LogP contribution in [0.25, 0.3) is 5.76 Å². The number of carbonyl (C=O) groups excluding carboxylic acids is 3. The number of fused-ring (bicyclic) bond motifs is 4. The van der Waals surface area contributed by atoms with Crippen molar-refractivity contribution in [1.82, 2.24) is 15.0 Å². The lowest BCUT2D eigenvalue weighted by Crippen LogP contribution is -2.68. The number of nitrogens with zero attached hydrogens (tertiary/aromatic N) is 3. The van der Waals surface area contributed by atoms with Gasteiger partial charge in [-0.05, 0) is 101 Å². The van der Waals surface area contributed by atoms with Crippen LogP contribution < -0.4 is 14.8 Å². The standard InChI is InChI=1S/C43H56N4O8Si/c1-24-29(44-40(51)30-18-14-15-19-47(30)7)22-31(52-8)27-20-26-21-28-35(46(5)6)37-34(41(45-54-37)53-23-25-16-12-11-13-17-25)39(50)43(28,55-56(9,10)42(2,3)4)38(49)33(26)36(48)32(24)27/h11-13,16-17,22,26,28,30,35,48H,14-15,18-21,23H2,1-10H3,(H,44,51)/t26-,28-,30?,35-,43-/m0/s1. The molecule has 300 valence electrons. The molecule has 1 unspecified atom stereocenters. The molecular formula is C43H56N4O8Si. The number of carbonyl (C=O) groups is 3. The topological polar surface area (TPSA) is 144 Å². The lowest BCUT2D eigenvalue weighted by atomic mass is 9.57. The number of aliphatic hydroxyl groups is 1. The molecule has 5 atom stereocenters. The summed E-state index contributed by atoms with van der Waals surface area (Å²) in [6.07, 6.45) is 3.47. The lowest BCUT2D eigenvalue weighted by Gasteiger charge is -2.55. The van der Waals surface area contributed by atoms with Crippen molar-refractivity contribution in [1.29, 1.82) is 0 Å². The highest BCUT2D eigenvalue weighted by molar-refractivity contribution is 6.74. The van der Waals surface area contributed by atoms with E-state index in [4.69, 9.17) is 18.4 Å². The molecule has 56 heavy (non-hydrogen) atoms. The lowest BCUT2D eigenvalue weighted by molar-refractivity contribution is -0.140. The maximum atomic E-state index is 15.8. The molecule has 2 fully saturated rings. The van der Waals surface area contributed by atoms with Crippen LogP contribution in [0.15, 0.2) is 46.5 Å². The fourth-order valence-corrected chi connectivity index (χ4v) is 10.6. The summed E-state index contributed by atoms with van der Waals surface area (Å²) in [4.78, 5) is 48.9. The zero-order valence-electron chi connectivity index (χ0n) is 34.4. The highest BCUT2D eigenvalue weighted by Crippen LogP contribution is 2.59. The summed E-state index contributed by atoms with van der Waals surface area (Å²) in [6.45, 7) is 13.1. The Morgan fingerprint density at radius 1 is 1.12 bits per heavy atom. The van der Waals surface area contributed by atoms with Gasteiger partial charge in [0.1, 0.15) is 23.7 Å². The van der Waals surface area contributed by atoms with E-state index in [2.05, 4.69) is 36.1 Å².